The first-order valence-corrected chi connectivity index (χ1v) is 16.3. The van der Waals surface area contributed by atoms with Crippen LogP contribution in [-0.2, 0) is 16.4 Å². The van der Waals surface area contributed by atoms with Crippen molar-refractivity contribution >= 4 is 37.8 Å². The summed E-state index contributed by atoms with van der Waals surface area (Å²) in [5.41, 5.74) is 5.13. The minimum atomic E-state index is -3.75. The number of aliphatic hydroxyl groups is 1. The lowest BCUT2D eigenvalue weighted by Gasteiger charge is -2.12. The van der Waals surface area contributed by atoms with Gasteiger partial charge in [-0.1, -0.05) is 66.7 Å². The molecule has 0 fully saturated rings. The molecule has 0 saturated carbocycles. The van der Waals surface area contributed by atoms with Gasteiger partial charge >= 0.3 is 0 Å². The topological polar surface area (TPSA) is 104 Å². The third-order valence-electron chi connectivity index (χ3n) is 7.16. The Morgan fingerprint density at radius 2 is 1.60 bits per heavy atom. The van der Waals surface area contributed by atoms with E-state index >= 15 is 0 Å². The van der Waals surface area contributed by atoms with Gasteiger partial charge in [-0.3, -0.25) is 9.71 Å². The molecule has 2 heterocycles. The molecule has 0 aliphatic carbocycles. The number of sulfonamides is 1. The molecule has 0 aliphatic rings. The van der Waals surface area contributed by atoms with Gasteiger partial charge in [0.1, 0.15) is 5.01 Å². The third kappa shape index (κ3) is 6.98. The highest BCUT2D eigenvalue weighted by Crippen LogP contribution is 2.31. The number of benzene rings is 4. The number of aromatic nitrogens is 2. The van der Waals surface area contributed by atoms with Crippen molar-refractivity contribution in [3.8, 4) is 21.8 Å². The fourth-order valence-electron chi connectivity index (χ4n) is 4.78. The number of hydrogen-bond acceptors (Lipinski definition) is 7. The number of thiazole rings is 1. The highest BCUT2D eigenvalue weighted by atomic mass is 32.2. The van der Waals surface area contributed by atoms with Crippen molar-refractivity contribution in [2.75, 3.05) is 17.8 Å². The molecular weight excluding hydrogens is 577 g/mol. The number of rotatable bonds is 11. The van der Waals surface area contributed by atoms with Crippen LogP contribution < -0.4 is 10.0 Å². The van der Waals surface area contributed by atoms with E-state index in [1.165, 1.54) is 16.7 Å². The lowest BCUT2D eigenvalue weighted by molar-refractivity contribution is 0.174. The maximum atomic E-state index is 13.1. The standard InChI is InChI=1S/C34H30N4O3S2/c39-33(29-6-3-18-35-21-29)22-36-19-17-24-7-13-30(14-8-24)38-43(40,41)31-15-11-26(12-16-31)34-37-32(23-42-34)28-10-9-25-4-1-2-5-27(25)20-28/h1-16,18,20-21,23,33,36,38-39H,17,19,22H2. The summed E-state index contributed by atoms with van der Waals surface area (Å²) in [6.45, 7) is 1.11. The summed E-state index contributed by atoms with van der Waals surface area (Å²) >= 11 is 1.53. The third-order valence-corrected chi connectivity index (χ3v) is 9.45. The number of anilines is 1. The molecule has 1 atom stereocenters. The summed E-state index contributed by atoms with van der Waals surface area (Å²) in [5.74, 6) is 0. The lowest BCUT2D eigenvalue weighted by atomic mass is 10.1. The van der Waals surface area contributed by atoms with Gasteiger partial charge in [0.2, 0.25) is 0 Å². The van der Waals surface area contributed by atoms with E-state index in [-0.39, 0.29) is 4.90 Å². The van der Waals surface area contributed by atoms with E-state index in [0.29, 0.717) is 18.8 Å². The average molecular weight is 607 g/mol. The summed E-state index contributed by atoms with van der Waals surface area (Å²) in [4.78, 5) is 9.02. The smallest absolute Gasteiger partial charge is 0.261 e. The molecule has 3 N–H and O–H groups in total. The van der Waals surface area contributed by atoms with E-state index in [9.17, 15) is 13.5 Å². The lowest BCUT2D eigenvalue weighted by Crippen LogP contribution is -2.23. The van der Waals surface area contributed by atoms with Crippen LogP contribution >= 0.6 is 11.3 Å². The molecular formula is C34H30N4O3S2. The second-order valence-corrected chi connectivity index (χ2v) is 12.7. The van der Waals surface area contributed by atoms with Crippen LogP contribution in [-0.4, -0.2) is 36.6 Å². The van der Waals surface area contributed by atoms with E-state index in [4.69, 9.17) is 4.98 Å². The maximum absolute atomic E-state index is 13.1. The predicted molar refractivity (Wildman–Crippen MR) is 174 cm³/mol. The van der Waals surface area contributed by atoms with E-state index in [2.05, 4.69) is 45.4 Å². The number of hydrogen-bond donors (Lipinski definition) is 3. The molecule has 9 heteroatoms. The number of nitrogens with one attached hydrogen (secondary N) is 2. The molecule has 2 aromatic heterocycles. The van der Waals surface area contributed by atoms with Crippen molar-refractivity contribution < 1.29 is 13.5 Å². The number of fused-ring (bicyclic) bond motifs is 1. The average Bonchev–Trinajstić information content (AvgIpc) is 3.54. The van der Waals surface area contributed by atoms with Crippen molar-refractivity contribution in [1.82, 2.24) is 15.3 Å². The number of aliphatic hydroxyl groups excluding tert-OH is 1. The van der Waals surface area contributed by atoms with Gasteiger partial charge in [0.05, 0.1) is 16.7 Å². The minimum Gasteiger partial charge on any atom is -0.387 e. The zero-order valence-corrected chi connectivity index (χ0v) is 24.9. The van der Waals surface area contributed by atoms with Gasteiger partial charge in [-0.25, -0.2) is 13.4 Å². The van der Waals surface area contributed by atoms with E-state index in [1.54, 1.807) is 54.9 Å². The van der Waals surface area contributed by atoms with Crippen LogP contribution in [0.1, 0.15) is 17.2 Å². The Bertz CT molecular complexity index is 1930. The number of nitrogens with zero attached hydrogens (tertiary/aromatic N) is 2. The Morgan fingerprint density at radius 3 is 2.37 bits per heavy atom. The Morgan fingerprint density at radius 1 is 0.837 bits per heavy atom. The predicted octanol–water partition coefficient (Wildman–Crippen LogP) is 6.69. The largest absolute Gasteiger partial charge is 0.387 e. The quantitative estimate of drug-likeness (QED) is 0.142. The fourth-order valence-corrected chi connectivity index (χ4v) is 6.67. The van der Waals surface area contributed by atoms with E-state index in [0.717, 1.165) is 44.8 Å². The van der Waals surface area contributed by atoms with Crippen LogP contribution in [0.2, 0.25) is 0 Å². The fraction of sp³-hybridized carbons (Fsp3) is 0.118. The minimum absolute atomic E-state index is 0.183. The monoisotopic (exact) mass is 606 g/mol. The highest BCUT2D eigenvalue weighted by molar-refractivity contribution is 7.92. The van der Waals surface area contributed by atoms with Gasteiger partial charge in [-0.2, -0.15) is 0 Å². The molecule has 216 valence electrons. The highest BCUT2D eigenvalue weighted by Gasteiger charge is 2.15. The van der Waals surface area contributed by atoms with Crippen molar-refractivity contribution in [2.24, 2.45) is 0 Å². The summed E-state index contributed by atoms with van der Waals surface area (Å²) in [5, 5.41) is 18.7. The molecule has 0 amide bonds. The van der Waals surface area contributed by atoms with Crippen LogP contribution in [0.15, 0.2) is 126 Å². The first kappa shape index (κ1) is 28.7. The van der Waals surface area contributed by atoms with Gasteiger partial charge in [-0.05, 0) is 65.7 Å². The van der Waals surface area contributed by atoms with Crippen molar-refractivity contribution in [1.29, 1.82) is 0 Å². The summed E-state index contributed by atoms with van der Waals surface area (Å²) < 4.78 is 28.8. The second kappa shape index (κ2) is 12.8. The summed E-state index contributed by atoms with van der Waals surface area (Å²) in [6.07, 6.45) is 3.46. The van der Waals surface area contributed by atoms with E-state index < -0.39 is 16.1 Å². The van der Waals surface area contributed by atoms with Crippen molar-refractivity contribution in [2.45, 2.75) is 17.4 Å². The van der Waals surface area contributed by atoms with Crippen molar-refractivity contribution in [3.05, 3.63) is 132 Å². The normalized spacial score (nSPS) is 12.3. The zero-order chi connectivity index (χ0) is 29.6. The molecule has 43 heavy (non-hydrogen) atoms. The van der Waals surface area contributed by atoms with Gasteiger partial charge in [-0.15, -0.1) is 11.3 Å². The number of pyridine rings is 1. The van der Waals surface area contributed by atoms with Gasteiger partial charge in [0.25, 0.3) is 10.0 Å². The molecule has 0 bridgehead atoms. The van der Waals surface area contributed by atoms with Crippen LogP contribution in [0.3, 0.4) is 0 Å². The molecule has 4 aromatic carbocycles. The molecule has 0 aliphatic heterocycles. The van der Waals surface area contributed by atoms with Crippen LogP contribution in [0.4, 0.5) is 5.69 Å². The Labute approximate surface area is 255 Å². The Kier molecular flexibility index (Phi) is 8.57. The first-order valence-electron chi connectivity index (χ1n) is 13.9. The van der Waals surface area contributed by atoms with Crippen LogP contribution in [0.25, 0.3) is 32.6 Å². The van der Waals surface area contributed by atoms with Crippen molar-refractivity contribution in [3.63, 3.8) is 0 Å². The molecule has 1 unspecified atom stereocenters. The molecule has 0 spiro atoms. The molecule has 7 nitrogen and oxygen atoms in total. The maximum Gasteiger partial charge on any atom is 0.261 e. The Hall–Kier alpha value is -4.41. The Balaban J connectivity index is 1.04. The van der Waals surface area contributed by atoms with E-state index in [1.807, 2.05) is 35.7 Å². The van der Waals surface area contributed by atoms with Gasteiger partial charge in [0.15, 0.2) is 0 Å². The van der Waals surface area contributed by atoms with Crippen LogP contribution in [0, 0.1) is 0 Å². The second-order valence-electron chi connectivity index (χ2n) is 10.2. The zero-order valence-electron chi connectivity index (χ0n) is 23.2. The summed E-state index contributed by atoms with van der Waals surface area (Å²) in [7, 11) is -3.75. The molecule has 6 rings (SSSR count). The van der Waals surface area contributed by atoms with Gasteiger partial charge < -0.3 is 10.4 Å². The SMILES string of the molecule is O=S(=O)(Nc1ccc(CCNCC(O)c2cccnc2)cc1)c1ccc(-c2nc(-c3ccc4ccccc4c3)cs2)cc1. The molecule has 0 saturated heterocycles. The van der Waals surface area contributed by atoms with Gasteiger partial charge in [0, 0.05) is 46.7 Å². The molecule has 0 radical (unpaired) electrons. The molecule has 6 aromatic rings. The summed E-state index contributed by atoms with van der Waals surface area (Å²) in [6, 6.07) is 32.3. The first-order chi connectivity index (χ1) is 20.9. The van der Waals surface area contributed by atoms with Crippen LogP contribution in [0.5, 0.6) is 0 Å².